The summed E-state index contributed by atoms with van der Waals surface area (Å²) >= 11 is 0. The van der Waals surface area contributed by atoms with E-state index in [1.54, 1.807) is 0 Å². The Morgan fingerprint density at radius 3 is 2.54 bits per heavy atom. The average molecular weight is 687 g/mol. The van der Waals surface area contributed by atoms with Gasteiger partial charge in [0.15, 0.2) is 6.29 Å². The zero-order valence-electron chi connectivity index (χ0n) is 27.6. The van der Waals surface area contributed by atoms with Gasteiger partial charge in [-0.2, -0.15) is 4.31 Å². The van der Waals surface area contributed by atoms with Crippen molar-refractivity contribution in [2.75, 3.05) is 45.7 Å². The standard InChI is InChI=1S/C34H46N4O9S/c1-34(2,14-7-15-44-32(40)36-3)21-38(48(42,43)25-12-10-24(35)11-13-25)18-29(39)28(16-22-8-5-4-6-9-22)37-33(41)47-30-23-17-26-27(30)20-46-31(26)45-19-23/h4-6,8-13,23,26,28-29,31,39H,7,14-21,35H2,1-3H3,(H,36,40)(H,37,41)/t23?,26?,28-,29+,31?/m0/s1. The molecule has 48 heavy (non-hydrogen) atoms. The number of nitrogens with zero attached hydrogens (tertiary/aromatic N) is 1. The zero-order chi connectivity index (χ0) is 34.5. The number of rotatable bonds is 15. The molecular weight excluding hydrogens is 640 g/mol. The van der Waals surface area contributed by atoms with Crippen LogP contribution >= 0.6 is 0 Å². The number of alkyl carbamates (subject to hydrolysis) is 2. The van der Waals surface area contributed by atoms with E-state index in [1.807, 2.05) is 44.2 Å². The van der Waals surface area contributed by atoms with E-state index in [0.29, 0.717) is 37.5 Å². The van der Waals surface area contributed by atoms with Gasteiger partial charge in [0.05, 0.1) is 36.9 Å². The molecule has 1 aliphatic carbocycles. The Kier molecular flexibility index (Phi) is 11.3. The lowest BCUT2D eigenvalue weighted by Gasteiger charge is -2.35. The number of sulfonamides is 1. The second kappa shape index (κ2) is 15.2. The smallest absolute Gasteiger partial charge is 0.412 e. The lowest BCUT2D eigenvalue weighted by Crippen LogP contribution is -2.52. The molecule has 5 rings (SSSR count). The summed E-state index contributed by atoms with van der Waals surface area (Å²) in [6, 6.07) is 14.3. The fourth-order valence-corrected chi connectivity index (χ4v) is 8.21. The Labute approximate surface area is 281 Å². The molecule has 2 heterocycles. The van der Waals surface area contributed by atoms with Crippen LogP contribution in [0.15, 0.2) is 70.8 Å². The van der Waals surface area contributed by atoms with Crippen LogP contribution < -0.4 is 16.4 Å². The van der Waals surface area contributed by atoms with Crippen LogP contribution in [0.25, 0.3) is 0 Å². The van der Waals surface area contributed by atoms with Crippen molar-refractivity contribution < 1.29 is 42.1 Å². The second-order valence-corrected chi connectivity index (χ2v) is 15.3. The molecule has 262 valence electrons. The number of carbonyl (C=O) groups excluding carboxylic acids is 2. The Balaban J connectivity index is 1.35. The number of benzene rings is 2. The molecule has 2 amide bonds. The van der Waals surface area contributed by atoms with Crippen LogP contribution in [0.4, 0.5) is 15.3 Å². The van der Waals surface area contributed by atoms with Gasteiger partial charge in [0, 0.05) is 43.2 Å². The molecule has 2 aromatic rings. The van der Waals surface area contributed by atoms with Crippen molar-refractivity contribution in [3.05, 3.63) is 71.5 Å². The monoisotopic (exact) mass is 686 g/mol. The number of aliphatic hydroxyl groups is 1. The van der Waals surface area contributed by atoms with E-state index in [0.717, 1.165) is 17.6 Å². The largest absolute Gasteiger partial charge is 0.450 e. The highest BCUT2D eigenvalue weighted by Crippen LogP contribution is 2.48. The molecule has 5 atom stereocenters. The van der Waals surface area contributed by atoms with Crippen LogP contribution in [0.5, 0.6) is 0 Å². The van der Waals surface area contributed by atoms with Gasteiger partial charge in [-0.15, -0.1) is 0 Å². The van der Waals surface area contributed by atoms with Gasteiger partial charge in [0.2, 0.25) is 10.0 Å². The Hall–Kier alpha value is -3.69. The molecule has 14 heteroatoms. The van der Waals surface area contributed by atoms with Crippen molar-refractivity contribution in [2.24, 2.45) is 17.3 Å². The molecule has 0 aromatic heterocycles. The first-order valence-corrected chi connectivity index (χ1v) is 17.7. The molecule has 2 aliphatic heterocycles. The molecule has 2 saturated heterocycles. The van der Waals surface area contributed by atoms with Gasteiger partial charge in [-0.25, -0.2) is 18.0 Å². The Morgan fingerprint density at radius 2 is 1.83 bits per heavy atom. The quantitative estimate of drug-likeness (QED) is 0.160. The van der Waals surface area contributed by atoms with Gasteiger partial charge in [-0.1, -0.05) is 44.2 Å². The maximum atomic E-state index is 14.1. The molecule has 13 nitrogen and oxygen atoms in total. The van der Waals surface area contributed by atoms with E-state index in [-0.39, 0.29) is 49.1 Å². The van der Waals surface area contributed by atoms with Gasteiger partial charge < -0.3 is 40.4 Å². The molecule has 5 N–H and O–H groups in total. The maximum Gasteiger partial charge on any atom is 0.412 e. The normalized spacial score (nSPS) is 21.6. The molecule has 3 unspecified atom stereocenters. The topological polar surface area (TPSA) is 179 Å². The SMILES string of the molecule is CNC(=O)OCCCC(C)(C)CN(C[C@@H](O)[C@H](Cc1ccccc1)NC(=O)OC1=C2COC3OCC1CC23)S(=O)(=O)c1ccc(N)cc1. The van der Waals surface area contributed by atoms with Crippen LogP contribution in [-0.4, -0.2) is 88.4 Å². The molecule has 2 aromatic carbocycles. The number of fused-ring (bicyclic) bond motifs is 1. The average Bonchev–Trinajstić information content (AvgIpc) is 3.59. The fourth-order valence-electron chi connectivity index (χ4n) is 6.56. The van der Waals surface area contributed by atoms with Crippen molar-refractivity contribution in [1.29, 1.82) is 0 Å². The first kappa shape index (κ1) is 35.6. The van der Waals surface area contributed by atoms with Gasteiger partial charge in [0.1, 0.15) is 5.76 Å². The summed E-state index contributed by atoms with van der Waals surface area (Å²) in [7, 11) is -2.65. The number of nitrogens with one attached hydrogen (secondary N) is 2. The van der Waals surface area contributed by atoms with Crippen molar-refractivity contribution in [3.63, 3.8) is 0 Å². The summed E-state index contributed by atoms with van der Waals surface area (Å²) in [5, 5.41) is 17.0. The summed E-state index contributed by atoms with van der Waals surface area (Å²) in [5.74, 6) is 0.584. The van der Waals surface area contributed by atoms with Gasteiger partial charge >= 0.3 is 12.2 Å². The summed E-state index contributed by atoms with van der Waals surface area (Å²) in [5.41, 5.74) is 7.44. The molecule has 0 spiro atoms. The van der Waals surface area contributed by atoms with Crippen LogP contribution in [0.2, 0.25) is 0 Å². The van der Waals surface area contributed by atoms with Crippen LogP contribution in [0.1, 0.15) is 38.7 Å². The minimum absolute atomic E-state index is 0.0229. The van der Waals surface area contributed by atoms with Crippen LogP contribution in [-0.2, 0) is 35.4 Å². The number of amides is 2. The fraction of sp³-hybridized carbons (Fsp3) is 0.529. The number of aliphatic hydroxyl groups excluding tert-OH is 1. The molecule has 0 saturated carbocycles. The van der Waals surface area contributed by atoms with Gasteiger partial charge in [-0.3, -0.25) is 0 Å². The second-order valence-electron chi connectivity index (χ2n) is 13.4. The Morgan fingerprint density at radius 1 is 1.10 bits per heavy atom. The van der Waals surface area contributed by atoms with E-state index in [4.69, 9.17) is 24.7 Å². The molecule has 3 aliphatic rings. The number of nitrogen functional groups attached to an aromatic ring is 1. The molecule has 2 fully saturated rings. The number of ether oxygens (including phenoxy) is 4. The highest BCUT2D eigenvalue weighted by atomic mass is 32.2. The van der Waals surface area contributed by atoms with Crippen molar-refractivity contribution in [2.45, 2.75) is 62.9 Å². The van der Waals surface area contributed by atoms with Gasteiger partial charge in [0.25, 0.3) is 0 Å². The van der Waals surface area contributed by atoms with E-state index in [2.05, 4.69) is 10.6 Å². The van der Waals surface area contributed by atoms with Crippen LogP contribution in [0.3, 0.4) is 0 Å². The first-order valence-electron chi connectivity index (χ1n) is 16.2. The highest BCUT2D eigenvalue weighted by molar-refractivity contribution is 7.89. The lowest BCUT2D eigenvalue weighted by atomic mass is 9.87. The summed E-state index contributed by atoms with van der Waals surface area (Å²) in [4.78, 5) is 24.9. The van der Waals surface area contributed by atoms with Gasteiger partial charge in [-0.05, 0) is 60.9 Å². The van der Waals surface area contributed by atoms with E-state index < -0.39 is 39.8 Å². The highest BCUT2D eigenvalue weighted by Gasteiger charge is 2.49. The molecule has 2 bridgehead atoms. The predicted octanol–water partition coefficient (Wildman–Crippen LogP) is 3.40. The third kappa shape index (κ3) is 8.66. The first-order chi connectivity index (χ1) is 22.9. The number of carbonyl (C=O) groups is 2. The summed E-state index contributed by atoms with van der Waals surface area (Å²) in [6.07, 6.45) is -0.867. The van der Waals surface area contributed by atoms with E-state index in [1.165, 1.54) is 35.6 Å². The molecular formula is C34H46N4O9S. The number of nitrogens with two attached hydrogens (primary N) is 1. The minimum Gasteiger partial charge on any atom is -0.450 e. The lowest BCUT2D eigenvalue weighted by molar-refractivity contribution is -0.161. The predicted molar refractivity (Wildman–Crippen MR) is 177 cm³/mol. The maximum absolute atomic E-state index is 14.1. The zero-order valence-corrected chi connectivity index (χ0v) is 28.4. The third-order valence-corrected chi connectivity index (χ3v) is 10.9. The van der Waals surface area contributed by atoms with E-state index >= 15 is 0 Å². The molecule has 0 radical (unpaired) electrons. The van der Waals surface area contributed by atoms with Crippen molar-refractivity contribution in [3.8, 4) is 0 Å². The van der Waals surface area contributed by atoms with Crippen molar-refractivity contribution >= 4 is 27.9 Å². The van der Waals surface area contributed by atoms with Crippen LogP contribution in [0, 0.1) is 17.3 Å². The number of anilines is 1. The summed E-state index contributed by atoms with van der Waals surface area (Å²) < 4.78 is 51.8. The third-order valence-electron chi connectivity index (χ3n) is 9.08. The van der Waals surface area contributed by atoms with Crippen molar-refractivity contribution in [1.82, 2.24) is 14.9 Å². The summed E-state index contributed by atoms with van der Waals surface area (Å²) in [6.45, 7) is 4.46. The number of hydrogen-bond donors (Lipinski definition) is 4. The Bertz CT molecular complexity index is 1570. The minimum atomic E-state index is -4.12. The number of hydrogen-bond acceptors (Lipinski definition) is 10. The van der Waals surface area contributed by atoms with E-state index in [9.17, 15) is 23.1 Å².